The van der Waals surface area contributed by atoms with Crippen molar-refractivity contribution in [2.75, 3.05) is 24.7 Å². The minimum Gasteiger partial charge on any atom is -0.549 e. The Labute approximate surface area is 649 Å². The molecule has 1 N–H and O–H groups in total. The van der Waals surface area contributed by atoms with Gasteiger partial charge in [0, 0.05) is 60.3 Å². The van der Waals surface area contributed by atoms with Crippen LogP contribution in [0, 0.1) is 17.7 Å². The Morgan fingerprint density at radius 1 is 0.369 bits per heavy atom. The van der Waals surface area contributed by atoms with Gasteiger partial charge in [-0.1, -0.05) is 91.0 Å². The number of benzene rings is 8. The molecule has 0 radical (unpaired) electrons. The Morgan fingerprint density at radius 3 is 1.50 bits per heavy atom. The molecule has 0 saturated carbocycles. The Kier molecular flexibility index (Phi) is 29.4. The first-order chi connectivity index (χ1) is 53.0. The molecule has 0 spiro atoms. The van der Waals surface area contributed by atoms with Crippen molar-refractivity contribution in [3.05, 3.63) is 221 Å². The molecule has 0 aromatic heterocycles. The molecule has 34 heteroatoms. The Hall–Kier alpha value is -11.7. The van der Waals surface area contributed by atoms with Gasteiger partial charge in [0.25, 0.3) is 0 Å². The number of phenolic OH excluding ortho intramolecular Hbond substituents is 1. The van der Waals surface area contributed by atoms with E-state index in [1.807, 2.05) is 72.8 Å². The second-order valence-corrected chi connectivity index (χ2v) is 29.5. The Balaban J connectivity index is 0.000000146. The SMILES string of the molecule is O=C([O-])C1COc2ccccc2C1=O.O=C([O-])C1COc2ccccc2S1.O=C([O-])C1CSc2ccccc2C1=O.O=C([O-])C1CSc2ccccc2S1.O=C([O-])C1OCc2ccccc2O1.O=C1CC(C(=O)[O-])Oc2cc(O)ccc21.O=C1CC(C(=O)[O-])Oc2ccc(F)cc21.O=C1CC(C(=O)[O-])Sc2ccccc21. The highest BCUT2D eigenvalue weighted by molar-refractivity contribution is 8.06. The average Bonchev–Trinajstić information content (AvgIpc) is 0.807. The summed E-state index contributed by atoms with van der Waals surface area (Å²) in [6, 6.07) is 50.3. The monoisotopic (exact) mass is 1610 g/mol. The van der Waals surface area contributed by atoms with Crippen molar-refractivity contribution < 1.29 is 141 Å². The van der Waals surface area contributed by atoms with Crippen LogP contribution in [-0.4, -0.2) is 141 Å². The summed E-state index contributed by atoms with van der Waals surface area (Å²) in [4.78, 5) is 147. The number of para-hydroxylation sites is 3. The minimum absolute atomic E-state index is 0.0318. The van der Waals surface area contributed by atoms with Crippen molar-refractivity contribution in [1.29, 1.82) is 0 Å². The van der Waals surface area contributed by atoms with Gasteiger partial charge in [-0.2, -0.15) is 0 Å². The van der Waals surface area contributed by atoms with Gasteiger partial charge >= 0.3 is 0 Å². The number of carbonyl (C=O) groups is 13. The van der Waals surface area contributed by atoms with Crippen LogP contribution in [0.3, 0.4) is 0 Å². The number of carbonyl (C=O) groups excluding carboxylic acids is 13. The first kappa shape index (κ1) is 83.4. The molecule has 0 amide bonds. The molecular weight excluding hydrogens is 1550 g/mol. The molecule has 8 aliphatic rings. The molecule has 28 nitrogen and oxygen atoms in total. The summed E-state index contributed by atoms with van der Waals surface area (Å²) >= 11 is 6.82. The van der Waals surface area contributed by atoms with Crippen molar-refractivity contribution >= 4 is 135 Å². The van der Waals surface area contributed by atoms with Crippen molar-refractivity contribution in [2.24, 2.45) is 11.8 Å². The van der Waals surface area contributed by atoms with Gasteiger partial charge in [-0.05, 0) is 84.9 Å². The van der Waals surface area contributed by atoms with Gasteiger partial charge in [0.15, 0.2) is 28.9 Å². The molecule has 0 bridgehead atoms. The molecule has 8 atom stereocenters. The van der Waals surface area contributed by atoms with Gasteiger partial charge in [0.05, 0.1) is 110 Å². The van der Waals surface area contributed by atoms with E-state index in [-0.39, 0.29) is 90.6 Å². The zero-order valence-electron chi connectivity index (χ0n) is 57.0. The second kappa shape index (κ2) is 39.1. The van der Waals surface area contributed by atoms with E-state index in [0.29, 0.717) is 33.9 Å². The summed E-state index contributed by atoms with van der Waals surface area (Å²) in [5.41, 5.74) is 2.64. The van der Waals surface area contributed by atoms with E-state index in [2.05, 4.69) is 0 Å². The molecule has 111 heavy (non-hydrogen) atoms. The van der Waals surface area contributed by atoms with Crippen molar-refractivity contribution in [3.8, 4) is 34.5 Å². The number of hydrogen-bond donors (Lipinski definition) is 1. The molecule has 8 aromatic carbocycles. The number of ketones is 5. The number of hydrogen-bond acceptors (Lipinski definition) is 33. The zero-order chi connectivity index (χ0) is 80.2. The highest BCUT2D eigenvalue weighted by atomic mass is 32.2. The third kappa shape index (κ3) is 22.5. The van der Waals surface area contributed by atoms with Gasteiger partial charge in [-0.25, -0.2) is 4.39 Å². The van der Waals surface area contributed by atoms with Crippen LogP contribution in [0.2, 0.25) is 0 Å². The number of Topliss-reactive ketones (excluding diaryl/α,β-unsaturated/α-hetero) is 5. The summed E-state index contributed by atoms with van der Waals surface area (Å²) in [5.74, 6) is -11.8. The van der Waals surface area contributed by atoms with Gasteiger partial charge in [0.2, 0.25) is 6.29 Å². The molecule has 8 heterocycles. The van der Waals surface area contributed by atoms with Crippen LogP contribution in [0.1, 0.15) is 76.6 Å². The minimum atomic E-state index is -1.45. The maximum atomic E-state index is 12.8. The molecule has 576 valence electrons. The number of carboxylic acid groups (broad SMARTS) is 8. The number of halogens is 1. The van der Waals surface area contributed by atoms with Gasteiger partial charge < -0.3 is 113 Å². The summed E-state index contributed by atoms with van der Waals surface area (Å²) in [6.45, 7) is 0.289. The van der Waals surface area contributed by atoms with Crippen LogP contribution in [0.15, 0.2) is 206 Å². The van der Waals surface area contributed by atoms with E-state index in [1.165, 1.54) is 76.2 Å². The summed E-state index contributed by atoms with van der Waals surface area (Å²) in [6.07, 6.45) is -4.36. The van der Waals surface area contributed by atoms with Crippen molar-refractivity contribution in [3.63, 3.8) is 0 Å². The Morgan fingerprint density at radius 2 is 0.865 bits per heavy atom. The topological polar surface area (TPSA) is 482 Å². The quantitative estimate of drug-likeness (QED) is 0.206. The zero-order valence-corrected chi connectivity index (χ0v) is 61.1. The third-order valence-corrected chi connectivity index (χ3v) is 22.4. The summed E-state index contributed by atoms with van der Waals surface area (Å²) < 4.78 is 43.0. The first-order valence-electron chi connectivity index (χ1n) is 32.7. The fraction of sp³-hybridized carbons (Fsp3) is 0.208. The summed E-state index contributed by atoms with van der Waals surface area (Å²) in [5, 5.41) is 91.9. The number of aliphatic carboxylic acids is 8. The van der Waals surface area contributed by atoms with E-state index in [0.717, 1.165) is 43.0 Å². The highest BCUT2D eigenvalue weighted by Gasteiger charge is 2.33. The lowest BCUT2D eigenvalue weighted by atomic mass is 9.95. The molecule has 0 fully saturated rings. The lowest BCUT2D eigenvalue weighted by molar-refractivity contribution is -0.330. The Bertz CT molecular complexity index is 4660. The number of rotatable bonds is 8. The van der Waals surface area contributed by atoms with Crippen LogP contribution in [0.25, 0.3) is 0 Å². The second-order valence-electron chi connectivity index (χ2n) is 23.6. The average molecular weight is 1610 g/mol. The number of phenols is 1. The van der Waals surface area contributed by atoms with Crippen LogP contribution in [-0.2, 0) is 49.7 Å². The van der Waals surface area contributed by atoms with Gasteiger partial charge in [0.1, 0.15) is 71.7 Å². The standard InChI is InChI=1S/C10H7FO4.C10H8O5.C10H8O4.2C10H8O3S.C9H8O4.C9H8O3S.C9H8O2S2/c11-5-1-2-8-6(3-5)7(12)4-9(15-8)10(13)14;11-5-1-2-6-7(12)4-9(10(13)14)15-8(6)3-5;2*11-9-6-3-1-2-4-8(6)14-5-7(9)10(12)13;11-7-5-9(10(12)13)14-8-4-2-1-3-6(7)8;10-8(11)9-12-5-6-3-1-2-4-7(6)13-9;2*10-9(11)8-5-12-6-3-1-2-4-7(6)13-8/h1-3,9H,4H2,(H,13,14);1-3,9,11H,4H2,(H,13,14);2*1-4,7H,5H2,(H,12,13);1-4,9H,5H2,(H,12,13);1-4,9H,5H2,(H,10,11);2*1-4,8H,5H2,(H,10,11)/p-8. The van der Waals surface area contributed by atoms with Gasteiger partial charge in [-0.3, -0.25) is 24.0 Å². The fourth-order valence-electron chi connectivity index (χ4n) is 10.5. The largest absolute Gasteiger partial charge is 0.549 e. The molecule has 0 saturated heterocycles. The first-order valence-corrected chi connectivity index (χ1v) is 37.3. The van der Waals surface area contributed by atoms with Gasteiger partial charge in [-0.15, -0.1) is 58.8 Å². The third-order valence-electron chi connectivity index (χ3n) is 16.1. The van der Waals surface area contributed by atoms with E-state index in [4.69, 9.17) is 33.5 Å². The number of ether oxygens (including phenoxy) is 6. The van der Waals surface area contributed by atoms with Crippen molar-refractivity contribution in [2.45, 2.75) is 84.6 Å². The van der Waals surface area contributed by atoms with Crippen LogP contribution in [0.5, 0.6) is 34.5 Å². The number of fused-ring (bicyclic) bond motifs is 8. The molecule has 8 aromatic rings. The maximum Gasteiger partial charge on any atom is 0.241 e. The smallest absolute Gasteiger partial charge is 0.241 e. The molecule has 8 aliphatic heterocycles. The fourth-order valence-corrected chi connectivity index (χ4v) is 16.1. The van der Waals surface area contributed by atoms with Crippen LogP contribution in [0.4, 0.5) is 4.39 Å². The number of aromatic hydroxyl groups is 1. The van der Waals surface area contributed by atoms with E-state index >= 15 is 0 Å². The number of thioether (sulfide) groups is 5. The molecule has 8 unspecified atom stereocenters. The maximum absolute atomic E-state index is 12.8. The number of carboxylic acids is 8. The molecular formula is C77H55FO28S5-8. The summed E-state index contributed by atoms with van der Waals surface area (Å²) in [7, 11) is 0. The molecule has 0 aliphatic carbocycles. The van der Waals surface area contributed by atoms with Crippen LogP contribution < -0.4 is 64.5 Å². The van der Waals surface area contributed by atoms with E-state index in [9.17, 15) is 108 Å². The molecule has 16 rings (SSSR count). The van der Waals surface area contributed by atoms with E-state index < -0.39 is 111 Å². The van der Waals surface area contributed by atoms with Crippen molar-refractivity contribution in [1.82, 2.24) is 0 Å². The highest BCUT2D eigenvalue weighted by Crippen LogP contribution is 2.41. The van der Waals surface area contributed by atoms with E-state index in [1.54, 1.807) is 84.6 Å². The normalized spacial score (nSPS) is 20.0. The lowest BCUT2D eigenvalue weighted by Gasteiger charge is -2.26. The van der Waals surface area contributed by atoms with Crippen LogP contribution >= 0.6 is 58.8 Å². The lowest BCUT2D eigenvalue weighted by Crippen LogP contribution is -2.43. The predicted molar refractivity (Wildman–Crippen MR) is 375 cm³/mol. The predicted octanol–water partition coefficient (Wildman–Crippen LogP) is 0.802.